The first-order valence-electron chi connectivity index (χ1n) is 5.52. The van der Waals surface area contributed by atoms with Gasteiger partial charge in [-0.05, 0) is 18.1 Å². The lowest BCUT2D eigenvalue weighted by Crippen LogP contribution is -2.16. The number of hydrogen-bond donors (Lipinski definition) is 1. The molecule has 4 heteroatoms. The number of hydrogen-bond acceptors (Lipinski definition) is 4. The van der Waals surface area contributed by atoms with Gasteiger partial charge in [-0.3, -0.25) is 0 Å². The molecule has 92 valence electrons. The quantitative estimate of drug-likeness (QED) is 0.820. The van der Waals surface area contributed by atoms with Crippen molar-refractivity contribution in [3.05, 3.63) is 23.8 Å². The van der Waals surface area contributed by atoms with Crippen LogP contribution in [0.25, 0.3) is 0 Å². The Morgan fingerprint density at radius 1 is 1.41 bits per heavy atom. The standard InChI is InChI=1S/C13H18N2O2/c1-10(9-16-2)8-15-13-11(7-14)5-4-6-12(13)17-3/h4-6,10,15H,8-9H2,1-3H3. The highest BCUT2D eigenvalue weighted by Crippen LogP contribution is 2.27. The summed E-state index contributed by atoms with van der Waals surface area (Å²) < 4.78 is 10.3. The fourth-order valence-corrected chi connectivity index (χ4v) is 1.60. The van der Waals surface area contributed by atoms with E-state index < -0.39 is 0 Å². The van der Waals surface area contributed by atoms with Crippen LogP contribution in [0.15, 0.2) is 18.2 Å². The van der Waals surface area contributed by atoms with E-state index in [0.717, 1.165) is 12.2 Å². The summed E-state index contributed by atoms with van der Waals surface area (Å²) in [5.74, 6) is 1.06. The first-order chi connectivity index (χ1) is 8.22. The fraction of sp³-hybridized carbons (Fsp3) is 0.462. The van der Waals surface area contributed by atoms with E-state index in [1.165, 1.54) is 0 Å². The second-order valence-electron chi connectivity index (χ2n) is 3.94. The van der Waals surface area contributed by atoms with Crippen LogP contribution < -0.4 is 10.1 Å². The van der Waals surface area contributed by atoms with E-state index in [2.05, 4.69) is 18.3 Å². The summed E-state index contributed by atoms with van der Waals surface area (Å²) in [6.07, 6.45) is 0. The smallest absolute Gasteiger partial charge is 0.143 e. The van der Waals surface area contributed by atoms with Crippen molar-refractivity contribution in [1.82, 2.24) is 0 Å². The molecule has 0 aliphatic rings. The third kappa shape index (κ3) is 3.65. The number of nitriles is 1. The molecule has 0 amide bonds. The van der Waals surface area contributed by atoms with Gasteiger partial charge in [0.25, 0.3) is 0 Å². The second kappa shape index (κ2) is 6.77. The van der Waals surface area contributed by atoms with Gasteiger partial charge in [-0.15, -0.1) is 0 Å². The maximum atomic E-state index is 9.04. The van der Waals surface area contributed by atoms with Gasteiger partial charge in [-0.25, -0.2) is 0 Å². The van der Waals surface area contributed by atoms with Gasteiger partial charge in [0.1, 0.15) is 11.8 Å². The lowest BCUT2D eigenvalue weighted by Gasteiger charge is -2.15. The van der Waals surface area contributed by atoms with Crippen LogP contribution in [-0.4, -0.2) is 27.4 Å². The number of para-hydroxylation sites is 1. The monoisotopic (exact) mass is 234 g/mol. The van der Waals surface area contributed by atoms with Gasteiger partial charge in [0, 0.05) is 13.7 Å². The Balaban J connectivity index is 2.78. The van der Waals surface area contributed by atoms with Crippen molar-refractivity contribution in [3.63, 3.8) is 0 Å². The molecule has 1 atom stereocenters. The average Bonchev–Trinajstić information content (AvgIpc) is 2.36. The van der Waals surface area contributed by atoms with Gasteiger partial charge in [0.05, 0.1) is 25.0 Å². The Kier molecular flexibility index (Phi) is 5.31. The molecule has 0 heterocycles. The SMILES string of the molecule is COCC(C)CNc1c(C#N)cccc1OC. The van der Waals surface area contributed by atoms with Crippen molar-refractivity contribution >= 4 is 5.69 Å². The molecule has 17 heavy (non-hydrogen) atoms. The van der Waals surface area contributed by atoms with Crippen LogP contribution in [0.1, 0.15) is 12.5 Å². The molecule has 1 rings (SSSR count). The number of ether oxygens (including phenoxy) is 2. The predicted molar refractivity (Wildman–Crippen MR) is 67.2 cm³/mol. The van der Waals surface area contributed by atoms with Crippen LogP contribution in [0.2, 0.25) is 0 Å². The normalized spacial score (nSPS) is 11.6. The molecule has 1 unspecified atom stereocenters. The van der Waals surface area contributed by atoms with Crippen LogP contribution in [0, 0.1) is 17.2 Å². The highest BCUT2D eigenvalue weighted by Gasteiger charge is 2.09. The van der Waals surface area contributed by atoms with Gasteiger partial charge < -0.3 is 14.8 Å². The van der Waals surface area contributed by atoms with Crippen LogP contribution in [0.5, 0.6) is 5.75 Å². The fourth-order valence-electron chi connectivity index (χ4n) is 1.60. The van der Waals surface area contributed by atoms with Crippen molar-refractivity contribution < 1.29 is 9.47 Å². The Labute approximate surface area is 102 Å². The lowest BCUT2D eigenvalue weighted by molar-refractivity contribution is 0.164. The molecular weight excluding hydrogens is 216 g/mol. The molecule has 0 radical (unpaired) electrons. The number of benzene rings is 1. The highest BCUT2D eigenvalue weighted by atomic mass is 16.5. The maximum absolute atomic E-state index is 9.04. The van der Waals surface area contributed by atoms with E-state index >= 15 is 0 Å². The third-order valence-corrected chi connectivity index (χ3v) is 2.45. The Morgan fingerprint density at radius 3 is 2.76 bits per heavy atom. The molecular formula is C13H18N2O2. The Hall–Kier alpha value is -1.73. The molecule has 4 nitrogen and oxygen atoms in total. The van der Waals surface area contributed by atoms with Crippen LogP contribution >= 0.6 is 0 Å². The zero-order valence-electron chi connectivity index (χ0n) is 10.5. The van der Waals surface area contributed by atoms with E-state index in [1.54, 1.807) is 26.4 Å². The van der Waals surface area contributed by atoms with Crippen molar-refractivity contribution in [2.45, 2.75) is 6.92 Å². The molecule has 0 fully saturated rings. The van der Waals surface area contributed by atoms with Crippen molar-refractivity contribution in [1.29, 1.82) is 5.26 Å². The summed E-state index contributed by atoms with van der Waals surface area (Å²) in [7, 11) is 3.28. The summed E-state index contributed by atoms with van der Waals surface area (Å²) in [6, 6.07) is 7.57. The number of anilines is 1. The summed E-state index contributed by atoms with van der Waals surface area (Å²) in [6.45, 7) is 3.50. The van der Waals surface area contributed by atoms with E-state index in [9.17, 15) is 0 Å². The van der Waals surface area contributed by atoms with Crippen molar-refractivity contribution in [3.8, 4) is 11.8 Å². The first kappa shape index (κ1) is 13.3. The summed E-state index contributed by atoms with van der Waals surface area (Å²) in [5.41, 5.74) is 1.34. The Bertz CT molecular complexity index is 399. The topological polar surface area (TPSA) is 54.3 Å². The highest BCUT2D eigenvalue weighted by molar-refractivity contribution is 5.66. The van der Waals surface area contributed by atoms with Gasteiger partial charge in [0.2, 0.25) is 0 Å². The molecule has 1 N–H and O–H groups in total. The second-order valence-corrected chi connectivity index (χ2v) is 3.94. The molecule has 1 aromatic carbocycles. The van der Waals surface area contributed by atoms with Gasteiger partial charge in [0.15, 0.2) is 0 Å². The molecule has 0 aromatic heterocycles. The van der Waals surface area contributed by atoms with Crippen LogP contribution in [0.3, 0.4) is 0 Å². The zero-order chi connectivity index (χ0) is 12.7. The van der Waals surface area contributed by atoms with Crippen LogP contribution in [0.4, 0.5) is 5.69 Å². The van der Waals surface area contributed by atoms with Gasteiger partial charge in [-0.1, -0.05) is 13.0 Å². The molecule has 0 aliphatic carbocycles. The molecule has 0 bridgehead atoms. The minimum absolute atomic E-state index is 0.372. The van der Waals surface area contributed by atoms with Crippen LogP contribution in [-0.2, 0) is 4.74 Å². The lowest BCUT2D eigenvalue weighted by atomic mass is 10.1. The van der Waals surface area contributed by atoms with E-state index in [4.69, 9.17) is 14.7 Å². The number of nitrogens with zero attached hydrogens (tertiary/aromatic N) is 1. The average molecular weight is 234 g/mol. The first-order valence-corrected chi connectivity index (χ1v) is 5.52. The van der Waals surface area contributed by atoms with E-state index in [-0.39, 0.29) is 0 Å². The number of methoxy groups -OCH3 is 2. The molecule has 1 aromatic rings. The molecule has 0 spiro atoms. The molecule has 0 aliphatic heterocycles. The molecule has 0 saturated heterocycles. The van der Waals surface area contributed by atoms with Gasteiger partial charge >= 0.3 is 0 Å². The van der Waals surface area contributed by atoms with Gasteiger partial charge in [-0.2, -0.15) is 5.26 Å². The van der Waals surface area contributed by atoms with E-state index in [1.807, 2.05) is 6.07 Å². The van der Waals surface area contributed by atoms with Crippen molar-refractivity contribution in [2.75, 3.05) is 32.7 Å². The van der Waals surface area contributed by atoms with Crippen molar-refractivity contribution in [2.24, 2.45) is 5.92 Å². The number of rotatable bonds is 6. The minimum Gasteiger partial charge on any atom is -0.495 e. The maximum Gasteiger partial charge on any atom is 0.143 e. The summed E-state index contributed by atoms with van der Waals surface area (Å²) in [5, 5.41) is 12.3. The zero-order valence-corrected chi connectivity index (χ0v) is 10.5. The predicted octanol–water partition coefficient (Wildman–Crippen LogP) is 2.26. The minimum atomic E-state index is 0.372. The third-order valence-electron chi connectivity index (χ3n) is 2.45. The number of nitrogens with one attached hydrogen (secondary N) is 1. The molecule has 0 saturated carbocycles. The summed E-state index contributed by atoms with van der Waals surface area (Å²) >= 11 is 0. The summed E-state index contributed by atoms with van der Waals surface area (Å²) in [4.78, 5) is 0. The van der Waals surface area contributed by atoms with E-state index in [0.29, 0.717) is 23.8 Å². The largest absolute Gasteiger partial charge is 0.495 e. The Morgan fingerprint density at radius 2 is 2.18 bits per heavy atom.